The number of aliphatic hydroxyl groups is 1. The molecule has 1 unspecified atom stereocenters. The SMILES string of the molecule is COc1cc2c(c(OC)c1OC)CCc1cc(-c3ccccc3F)c(C(=O)NC(CO)Cc3c[nH]c4ccccc34)cc1-2. The highest BCUT2D eigenvalue weighted by molar-refractivity contribution is 6.03. The van der Waals surface area contributed by atoms with Crippen molar-refractivity contribution in [2.45, 2.75) is 25.3 Å². The van der Waals surface area contributed by atoms with E-state index in [1.54, 1.807) is 39.5 Å². The van der Waals surface area contributed by atoms with Crippen LogP contribution in [0.1, 0.15) is 27.0 Å². The van der Waals surface area contributed by atoms with Gasteiger partial charge in [-0.15, -0.1) is 0 Å². The van der Waals surface area contributed by atoms with Crippen molar-refractivity contribution in [2.75, 3.05) is 27.9 Å². The number of hydrogen-bond acceptors (Lipinski definition) is 5. The van der Waals surface area contributed by atoms with Crippen molar-refractivity contribution < 1.29 is 28.5 Å². The summed E-state index contributed by atoms with van der Waals surface area (Å²) in [7, 11) is 4.73. The molecule has 0 radical (unpaired) electrons. The molecule has 1 aliphatic carbocycles. The highest BCUT2D eigenvalue weighted by atomic mass is 19.1. The number of carbonyl (C=O) groups is 1. The van der Waals surface area contributed by atoms with E-state index in [0.717, 1.165) is 38.7 Å². The van der Waals surface area contributed by atoms with Crippen molar-refractivity contribution in [1.82, 2.24) is 10.3 Å². The molecular weight excluding hydrogens is 547 g/mol. The van der Waals surface area contributed by atoms with E-state index < -0.39 is 17.8 Å². The third-order valence-electron chi connectivity index (χ3n) is 8.22. The van der Waals surface area contributed by atoms with Gasteiger partial charge in [-0.25, -0.2) is 4.39 Å². The van der Waals surface area contributed by atoms with Gasteiger partial charge in [0.25, 0.3) is 5.91 Å². The number of aryl methyl sites for hydroxylation is 1. The Morgan fingerprint density at radius 1 is 0.907 bits per heavy atom. The smallest absolute Gasteiger partial charge is 0.252 e. The summed E-state index contributed by atoms with van der Waals surface area (Å²) in [5.74, 6) is 0.786. The van der Waals surface area contributed by atoms with Crippen LogP contribution in [0.2, 0.25) is 0 Å². The summed E-state index contributed by atoms with van der Waals surface area (Å²) in [4.78, 5) is 17.3. The summed E-state index contributed by atoms with van der Waals surface area (Å²) in [5.41, 5.74) is 6.74. The van der Waals surface area contributed by atoms with Crippen LogP contribution in [0.4, 0.5) is 4.39 Å². The summed E-state index contributed by atoms with van der Waals surface area (Å²) in [6.07, 6.45) is 3.65. The standard InChI is InChI=1S/C35H33FN2O5/c1-41-32-17-28-25(33(42-2)34(32)43-3)13-12-20-15-27(24-9-4-6-10-30(24)36)29(16-26(20)28)35(40)38-22(19-39)14-21-18-37-31-11-7-5-8-23(21)31/h4-11,15-18,22,37,39H,12-14,19H2,1-3H3,(H,38,40). The van der Waals surface area contributed by atoms with Crippen molar-refractivity contribution >= 4 is 16.8 Å². The van der Waals surface area contributed by atoms with E-state index >= 15 is 4.39 Å². The monoisotopic (exact) mass is 580 g/mol. The van der Waals surface area contributed by atoms with Crippen LogP contribution in [0, 0.1) is 5.82 Å². The van der Waals surface area contributed by atoms with Crippen molar-refractivity contribution in [1.29, 1.82) is 0 Å². The maximum Gasteiger partial charge on any atom is 0.252 e. The molecule has 1 heterocycles. The number of aromatic nitrogens is 1. The van der Waals surface area contributed by atoms with Gasteiger partial charge in [-0.3, -0.25) is 4.79 Å². The average molecular weight is 581 g/mol. The van der Waals surface area contributed by atoms with E-state index in [4.69, 9.17) is 14.2 Å². The molecule has 0 fully saturated rings. The van der Waals surface area contributed by atoms with E-state index in [1.807, 2.05) is 48.7 Å². The lowest BCUT2D eigenvalue weighted by molar-refractivity contribution is 0.0917. The predicted molar refractivity (Wildman–Crippen MR) is 165 cm³/mol. The molecule has 1 aliphatic rings. The zero-order valence-corrected chi connectivity index (χ0v) is 24.3. The third-order valence-corrected chi connectivity index (χ3v) is 8.22. The van der Waals surface area contributed by atoms with Gasteiger partial charge in [0.15, 0.2) is 11.5 Å². The summed E-state index contributed by atoms with van der Waals surface area (Å²) >= 11 is 0. The van der Waals surface area contributed by atoms with Gasteiger partial charge in [0.2, 0.25) is 5.75 Å². The highest BCUT2D eigenvalue weighted by Crippen LogP contribution is 2.49. The number of nitrogens with one attached hydrogen (secondary N) is 2. The normalized spacial score (nSPS) is 12.8. The number of carbonyl (C=O) groups excluding carboxylic acids is 1. The fraction of sp³-hybridized carbons (Fsp3) is 0.229. The molecule has 220 valence electrons. The molecular formula is C35H33FN2O5. The van der Waals surface area contributed by atoms with Crippen LogP contribution < -0.4 is 19.5 Å². The average Bonchev–Trinajstić information content (AvgIpc) is 3.45. The van der Waals surface area contributed by atoms with Crippen LogP contribution in [0.15, 0.2) is 72.9 Å². The molecule has 0 saturated carbocycles. The van der Waals surface area contributed by atoms with E-state index in [0.29, 0.717) is 53.2 Å². The number of methoxy groups -OCH3 is 3. The van der Waals surface area contributed by atoms with E-state index in [1.165, 1.54) is 6.07 Å². The zero-order valence-electron chi connectivity index (χ0n) is 24.3. The first-order valence-corrected chi connectivity index (χ1v) is 14.2. The Morgan fingerprint density at radius 3 is 2.42 bits per heavy atom. The second-order valence-electron chi connectivity index (χ2n) is 10.6. The fourth-order valence-corrected chi connectivity index (χ4v) is 6.15. The summed E-state index contributed by atoms with van der Waals surface area (Å²) in [5, 5.41) is 14.3. The Hall–Kier alpha value is -4.82. The van der Waals surface area contributed by atoms with Crippen LogP contribution in [0.3, 0.4) is 0 Å². The number of benzene rings is 4. The molecule has 3 N–H and O–H groups in total. The van der Waals surface area contributed by atoms with Gasteiger partial charge in [-0.2, -0.15) is 0 Å². The number of amides is 1. The van der Waals surface area contributed by atoms with E-state index in [-0.39, 0.29) is 6.61 Å². The van der Waals surface area contributed by atoms with Gasteiger partial charge < -0.3 is 29.6 Å². The number of fused-ring (bicyclic) bond motifs is 4. The first-order valence-electron chi connectivity index (χ1n) is 14.2. The molecule has 0 saturated heterocycles. The first kappa shape index (κ1) is 28.3. The van der Waals surface area contributed by atoms with Crippen LogP contribution in [0.5, 0.6) is 17.2 Å². The molecule has 0 aliphatic heterocycles. The second-order valence-corrected chi connectivity index (χ2v) is 10.6. The number of H-pyrrole nitrogens is 1. The Morgan fingerprint density at radius 2 is 1.67 bits per heavy atom. The Bertz CT molecular complexity index is 1830. The van der Waals surface area contributed by atoms with Crippen LogP contribution in [0.25, 0.3) is 33.2 Å². The van der Waals surface area contributed by atoms with E-state index in [9.17, 15) is 9.90 Å². The minimum absolute atomic E-state index is 0.262. The van der Waals surface area contributed by atoms with Gasteiger partial charge in [0, 0.05) is 33.8 Å². The lowest BCUT2D eigenvalue weighted by Crippen LogP contribution is -2.39. The van der Waals surface area contributed by atoms with Crippen molar-refractivity contribution in [2.24, 2.45) is 0 Å². The Balaban J connectivity index is 1.45. The highest BCUT2D eigenvalue weighted by Gasteiger charge is 2.29. The lowest BCUT2D eigenvalue weighted by Gasteiger charge is -2.26. The number of halogens is 1. The Kier molecular flexibility index (Phi) is 7.78. The number of para-hydroxylation sites is 1. The van der Waals surface area contributed by atoms with Gasteiger partial charge in [0.05, 0.1) is 34.0 Å². The molecule has 0 bridgehead atoms. The minimum atomic E-state index is -0.562. The summed E-state index contributed by atoms with van der Waals surface area (Å²) in [6, 6.07) is 19.4. The predicted octanol–water partition coefficient (Wildman–Crippen LogP) is 6.10. The second kappa shape index (κ2) is 11.8. The molecule has 5 aromatic rings. The van der Waals surface area contributed by atoms with Gasteiger partial charge in [-0.1, -0.05) is 36.4 Å². The zero-order chi connectivity index (χ0) is 30.1. The Labute approximate surface area is 249 Å². The number of aliphatic hydroxyl groups excluding tert-OH is 1. The van der Waals surface area contributed by atoms with Crippen LogP contribution in [-0.2, 0) is 19.3 Å². The van der Waals surface area contributed by atoms with Crippen molar-refractivity contribution in [3.63, 3.8) is 0 Å². The molecule has 1 aromatic heterocycles. The largest absolute Gasteiger partial charge is 0.493 e. The topological polar surface area (TPSA) is 92.8 Å². The number of hydrogen-bond donors (Lipinski definition) is 3. The van der Waals surface area contributed by atoms with Crippen LogP contribution in [-0.4, -0.2) is 50.0 Å². The molecule has 7 nitrogen and oxygen atoms in total. The first-order chi connectivity index (χ1) is 21.0. The molecule has 43 heavy (non-hydrogen) atoms. The molecule has 6 rings (SSSR count). The molecule has 4 aromatic carbocycles. The molecule has 0 spiro atoms. The van der Waals surface area contributed by atoms with Gasteiger partial charge in [0.1, 0.15) is 5.82 Å². The fourth-order valence-electron chi connectivity index (χ4n) is 6.15. The summed E-state index contributed by atoms with van der Waals surface area (Å²) < 4.78 is 32.2. The molecule has 1 atom stereocenters. The summed E-state index contributed by atoms with van der Waals surface area (Å²) in [6.45, 7) is -0.262. The van der Waals surface area contributed by atoms with Gasteiger partial charge in [-0.05, 0) is 77.4 Å². The lowest BCUT2D eigenvalue weighted by atomic mass is 9.81. The van der Waals surface area contributed by atoms with Crippen molar-refractivity contribution in [3.8, 4) is 39.5 Å². The number of rotatable bonds is 9. The van der Waals surface area contributed by atoms with E-state index in [2.05, 4.69) is 10.3 Å². The number of aromatic amines is 1. The maximum absolute atomic E-state index is 15.2. The molecule has 8 heteroatoms. The maximum atomic E-state index is 15.2. The minimum Gasteiger partial charge on any atom is -0.493 e. The third kappa shape index (κ3) is 5.08. The molecule has 1 amide bonds. The van der Waals surface area contributed by atoms with Crippen molar-refractivity contribution in [3.05, 3.63) is 101 Å². The quantitative estimate of drug-likeness (QED) is 0.196. The van der Waals surface area contributed by atoms with Crippen LogP contribution >= 0.6 is 0 Å². The number of ether oxygens (including phenoxy) is 3. The van der Waals surface area contributed by atoms with Gasteiger partial charge >= 0.3 is 0 Å².